The van der Waals surface area contributed by atoms with Gasteiger partial charge in [-0.2, -0.15) is 5.26 Å². The van der Waals surface area contributed by atoms with Gasteiger partial charge in [-0.15, -0.1) is 0 Å². The zero-order valence-corrected chi connectivity index (χ0v) is 9.54. The van der Waals surface area contributed by atoms with Crippen molar-refractivity contribution < 1.29 is 22.7 Å². The van der Waals surface area contributed by atoms with Gasteiger partial charge in [-0.1, -0.05) is 0 Å². The molecule has 0 bridgehead atoms. The third kappa shape index (κ3) is 3.23. The molecule has 0 spiro atoms. The number of carbonyl (C=O) groups is 1. The number of benzene rings is 1. The highest BCUT2D eigenvalue weighted by atomic mass is 19.3. The lowest BCUT2D eigenvalue weighted by atomic mass is 10.0. The Morgan fingerprint density at radius 1 is 1.50 bits per heavy atom. The zero-order chi connectivity index (χ0) is 13.7. The van der Waals surface area contributed by atoms with Crippen molar-refractivity contribution in [2.75, 3.05) is 6.61 Å². The van der Waals surface area contributed by atoms with Gasteiger partial charge in [0.05, 0.1) is 24.7 Å². The summed E-state index contributed by atoms with van der Waals surface area (Å²) in [7, 11) is 0. The maximum absolute atomic E-state index is 13.5. The standard InChI is InChI=1S/C12H10F3NO2/c1-2-18-11(17)4-7-3-8(6-16)9(12(14)15)5-10(7)13/h3,5,12H,2,4H2,1H3. The highest BCUT2D eigenvalue weighted by molar-refractivity contribution is 5.72. The van der Waals surface area contributed by atoms with Gasteiger partial charge in [-0.3, -0.25) is 4.79 Å². The molecule has 0 amide bonds. The van der Waals surface area contributed by atoms with Crippen LogP contribution in [0, 0.1) is 17.1 Å². The van der Waals surface area contributed by atoms with E-state index in [1.807, 2.05) is 0 Å². The number of alkyl halides is 2. The molecule has 3 nitrogen and oxygen atoms in total. The summed E-state index contributed by atoms with van der Waals surface area (Å²) in [6, 6.07) is 3.08. The minimum Gasteiger partial charge on any atom is -0.466 e. The normalized spacial score (nSPS) is 10.2. The molecular weight excluding hydrogens is 247 g/mol. The minimum atomic E-state index is -2.94. The second kappa shape index (κ2) is 6.05. The monoisotopic (exact) mass is 257 g/mol. The first-order valence-electron chi connectivity index (χ1n) is 5.15. The summed E-state index contributed by atoms with van der Waals surface area (Å²) in [6.07, 6.45) is -3.33. The van der Waals surface area contributed by atoms with Crippen molar-refractivity contribution >= 4 is 5.97 Å². The number of halogens is 3. The largest absolute Gasteiger partial charge is 0.466 e. The van der Waals surface area contributed by atoms with Crippen molar-refractivity contribution in [2.24, 2.45) is 0 Å². The quantitative estimate of drug-likeness (QED) is 0.779. The summed E-state index contributed by atoms with van der Waals surface area (Å²) in [5, 5.41) is 8.70. The second-order valence-electron chi connectivity index (χ2n) is 3.43. The van der Waals surface area contributed by atoms with Gasteiger partial charge in [0.1, 0.15) is 5.82 Å². The number of nitrogens with zero attached hydrogens (tertiary/aromatic N) is 1. The Bertz CT molecular complexity index is 495. The molecule has 0 heterocycles. The van der Waals surface area contributed by atoms with E-state index in [1.165, 1.54) is 0 Å². The molecule has 1 rings (SSSR count). The lowest BCUT2D eigenvalue weighted by Crippen LogP contribution is -2.09. The van der Waals surface area contributed by atoms with Crippen molar-refractivity contribution in [3.05, 3.63) is 34.6 Å². The van der Waals surface area contributed by atoms with Gasteiger partial charge in [0.25, 0.3) is 6.43 Å². The molecule has 0 fully saturated rings. The molecule has 1 aromatic rings. The molecule has 0 radical (unpaired) electrons. The Kier molecular flexibility index (Phi) is 4.72. The van der Waals surface area contributed by atoms with Crippen LogP contribution in [0.4, 0.5) is 13.2 Å². The van der Waals surface area contributed by atoms with Crippen LogP contribution in [-0.4, -0.2) is 12.6 Å². The molecule has 0 saturated carbocycles. The van der Waals surface area contributed by atoms with Crippen LogP contribution in [0.3, 0.4) is 0 Å². The third-order valence-corrected chi connectivity index (χ3v) is 2.21. The molecule has 0 aliphatic carbocycles. The van der Waals surface area contributed by atoms with Crippen LogP contribution in [-0.2, 0) is 16.0 Å². The smallest absolute Gasteiger partial charge is 0.310 e. The fraction of sp³-hybridized carbons (Fsp3) is 0.333. The van der Waals surface area contributed by atoms with Crippen LogP contribution < -0.4 is 0 Å². The van der Waals surface area contributed by atoms with E-state index in [4.69, 9.17) is 5.26 Å². The molecule has 6 heteroatoms. The van der Waals surface area contributed by atoms with Gasteiger partial charge < -0.3 is 4.74 Å². The Hall–Kier alpha value is -2.03. The van der Waals surface area contributed by atoms with E-state index >= 15 is 0 Å². The van der Waals surface area contributed by atoms with Crippen molar-refractivity contribution in [3.8, 4) is 6.07 Å². The molecule has 0 aromatic heterocycles. The summed E-state index contributed by atoms with van der Waals surface area (Å²) in [5.74, 6) is -1.62. The molecule has 0 saturated heterocycles. The van der Waals surface area contributed by atoms with Crippen molar-refractivity contribution in [1.82, 2.24) is 0 Å². The molecule has 0 unspecified atom stereocenters. The molecule has 18 heavy (non-hydrogen) atoms. The highest BCUT2D eigenvalue weighted by Crippen LogP contribution is 2.25. The molecule has 1 aromatic carbocycles. The van der Waals surface area contributed by atoms with E-state index in [1.54, 1.807) is 13.0 Å². The van der Waals surface area contributed by atoms with E-state index in [0.29, 0.717) is 6.07 Å². The van der Waals surface area contributed by atoms with E-state index < -0.39 is 30.2 Å². The maximum atomic E-state index is 13.5. The number of carbonyl (C=O) groups excluding carboxylic acids is 1. The number of nitriles is 1. The van der Waals surface area contributed by atoms with Gasteiger partial charge >= 0.3 is 5.97 Å². The predicted octanol–water partition coefficient (Wildman–Crippen LogP) is 2.74. The average molecular weight is 257 g/mol. The third-order valence-electron chi connectivity index (χ3n) is 2.21. The molecule has 0 atom stereocenters. The molecule has 0 aliphatic heterocycles. The lowest BCUT2D eigenvalue weighted by molar-refractivity contribution is -0.142. The number of rotatable bonds is 4. The van der Waals surface area contributed by atoms with Crippen LogP contribution in [0.5, 0.6) is 0 Å². The Morgan fingerprint density at radius 2 is 2.17 bits per heavy atom. The number of hydrogen-bond donors (Lipinski definition) is 0. The molecule has 96 valence electrons. The number of ether oxygens (including phenoxy) is 1. The average Bonchev–Trinajstić information content (AvgIpc) is 2.31. The summed E-state index contributed by atoms with van der Waals surface area (Å²) in [6.45, 7) is 1.73. The summed E-state index contributed by atoms with van der Waals surface area (Å²) < 4.78 is 43.1. The Morgan fingerprint density at radius 3 is 2.67 bits per heavy atom. The topological polar surface area (TPSA) is 50.1 Å². The van der Waals surface area contributed by atoms with Crippen LogP contribution in [0.15, 0.2) is 12.1 Å². The van der Waals surface area contributed by atoms with Crippen LogP contribution in [0.25, 0.3) is 0 Å². The van der Waals surface area contributed by atoms with Gasteiger partial charge in [0.2, 0.25) is 0 Å². The number of esters is 1. The molecule has 0 N–H and O–H groups in total. The van der Waals surface area contributed by atoms with Gasteiger partial charge in [0, 0.05) is 11.1 Å². The predicted molar refractivity (Wildman–Crippen MR) is 56.4 cm³/mol. The van der Waals surface area contributed by atoms with Gasteiger partial charge in [0.15, 0.2) is 0 Å². The number of hydrogen-bond acceptors (Lipinski definition) is 3. The molecule has 0 aliphatic rings. The summed E-state index contributed by atoms with van der Waals surface area (Å²) in [4.78, 5) is 11.2. The lowest BCUT2D eigenvalue weighted by Gasteiger charge is -2.08. The van der Waals surface area contributed by atoms with Crippen LogP contribution in [0.1, 0.15) is 30.0 Å². The maximum Gasteiger partial charge on any atom is 0.310 e. The Balaban J connectivity index is 3.09. The summed E-state index contributed by atoms with van der Waals surface area (Å²) >= 11 is 0. The fourth-order valence-electron chi connectivity index (χ4n) is 1.41. The minimum absolute atomic E-state index is 0.130. The first kappa shape index (κ1) is 14.0. The fourth-order valence-corrected chi connectivity index (χ4v) is 1.41. The van der Waals surface area contributed by atoms with Gasteiger partial charge in [-0.25, -0.2) is 13.2 Å². The van der Waals surface area contributed by atoms with Crippen molar-refractivity contribution in [2.45, 2.75) is 19.8 Å². The van der Waals surface area contributed by atoms with E-state index in [9.17, 15) is 18.0 Å². The first-order valence-corrected chi connectivity index (χ1v) is 5.15. The van der Waals surface area contributed by atoms with E-state index in [0.717, 1.165) is 6.07 Å². The van der Waals surface area contributed by atoms with Crippen molar-refractivity contribution in [1.29, 1.82) is 5.26 Å². The van der Waals surface area contributed by atoms with Crippen LogP contribution in [0.2, 0.25) is 0 Å². The second-order valence-corrected chi connectivity index (χ2v) is 3.43. The zero-order valence-electron chi connectivity index (χ0n) is 9.54. The van der Waals surface area contributed by atoms with E-state index in [-0.39, 0.29) is 17.7 Å². The van der Waals surface area contributed by atoms with Crippen molar-refractivity contribution in [3.63, 3.8) is 0 Å². The highest BCUT2D eigenvalue weighted by Gasteiger charge is 2.18. The summed E-state index contributed by atoms with van der Waals surface area (Å²) in [5.41, 5.74) is -1.15. The first-order chi connectivity index (χ1) is 8.49. The van der Waals surface area contributed by atoms with Gasteiger partial charge in [-0.05, 0) is 19.1 Å². The van der Waals surface area contributed by atoms with E-state index in [2.05, 4.69) is 4.74 Å². The molecular formula is C12H10F3NO2. The van der Waals surface area contributed by atoms with Crippen LogP contribution >= 0.6 is 0 Å². The SMILES string of the molecule is CCOC(=O)Cc1cc(C#N)c(C(F)F)cc1F. The Labute approximate surface area is 102 Å².